The fraction of sp³-hybridized carbons (Fsp3) is 0.545. The molecule has 0 radical (unpaired) electrons. The number of carbonyl (C=O) groups excluding carboxylic acids is 1. The molecule has 0 amide bonds. The van der Waals surface area contributed by atoms with Gasteiger partial charge in [0.1, 0.15) is 5.60 Å². The number of halogens is 3. The van der Waals surface area contributed by atoms with Crippen LogP contribution in [0.25, 0.3) is 0 Å². The molecule has 0 N–H and O–H groups in total. The molecule has 0 saturated heterocycles. The highest BCUT2D eigenvalue weighted by molar-refractivity contribution is 5.85. The Morgan fingerprint density at radius 3 is 2.84 bits per heavy atom. The third-order valence-corrected chi connectivity index (χ3v) is 2.82. The van der Waals surface area contributed by atoms with E-state index in [1.165, 1.54) is 13.1 Å². The van der Waals surface area contributed by atoms with Gasteiger partial charge in [-0.1, -0.05) is 0 Å². The summed E-state index contributed by atoms with van der Waals surface area (Å²) in [6, 6.07) is 0. The Kier molecular flexibility index (Phi) is 3.21. The number of alkyl halides is 3. The number of methoxy groups -OCH3 is 1. The molecule has 0 bridgehead atoms. The van der Waals surface area contributed by atoms with E-state index in [0.29, 0.717) is 5.56 Å². The highest BCUT2D eigenvalue weighted by Crippen LogP contribution is 2.42. The second-order valence-electron chi connectivity index (χ2n) is 4.37. The first-order chi connectivity index (χ1) is 8.75. The van der Waals surface area contributed by atoms with Crippen LogP contribution in [0.5, 0.6) is 0 Å². The van der Waals surface area contributed by atoms with Crippen molar-refractivity contribution in [3.63, 3.8) is 0 Å². The summed E-state index contributed by atoms with van der Waals surface area (Å²) in [5.74, 6) is -1.08. The maximum atomic E-state index is 12.6. The minimum Gasteiger partial charge on any atom is -0.463 e. The molecule has 8 heteroatoms. The molecule has 1 atom stereocenters. The standard InChI is InChI=1S/C11H11F3N2O3/c1-10(5-11(12,13)14)7-6(4-19-10)3-15-8(16-7)9(17)18-2/h3H,4-5H2,1-2H3. The van der Waals surface area contributed by atoms with Crippen molar-refractivity contribution in [1.82, 2.24) is 9.97 Å². The minimum atomic E-state index is -4.40. The van der Waals surface area contributed by atoms with Gasteiger partial charge in [-0.05, 0) is 6.92 Å². The van der Waals surface area contributed by atoms with E-state index >= 15 is 0 Å². The lowest BCUT2D eigenvalue weighted by Gasteiger charge is -2.24. The predicted molar refractivity (Wildman–Crippen MR) is 56.2 cm³/mol. The first kappa shape index (κ1) is 13.7. The first-order valence-electron chi connectivity index (χ1n) is 5.40. The van der Waals surface area contributed by atoms with Crippen LogP contribution >= 0.6 is 0 Å². The zero-order valence-corrected chi connectivity index (χ0v) is 10.2. The normalized spacial score (nSPS) is 22.2. The molecule has 1 aromatic rings. The largest absolute Gasteiger partial charge is 0.463 e. The number of ether oxygens (including phenoxy) is 2. The number of esters is 1. The maximum absolute atomic E-state index is 12.6. The predicted octanol–water partition coefficient (Wildman–Crippen LogP) is 1.96. The van der Waals surface area contributed by atoms with E-state index in [1.54, 1.807) is 0 Å². The van der Waals surface area contributed by atoms with Crippen molar-refractivity contribution in [2.45, 2.75) is 31.7 Å². The number of rotatable bonds is 2. The lowest BCUT2D eigenvalue weighted by atomic mass is 9.96. The summed E-state index contributed by atoms with van der Waals surface area (Å²) in [4.78, 5) is 18.9. The molecule has 2 heterocycles. The van der Waals surface area contributed by atoms with Crippen LogP contribution in [-0.2, 0) is 21.7 Å². The Bertz CT molecular complexity index is 518. The SMILES string of the molecule is COC(=O)c1ncc2c(n1)C(C)(CC(F)(F)F)OC2. The average molecular weight is 276 g/mol. The summed E-state index contributed by atoms with van der Waals surface area (Å²) >= 11 is 0. The van der Waals surface area contributed by atoms with Crippen molar-refractivity contribution < 1.29 is 27.4 Å². The highest BCUT2D eigenvalue weighted by Gasteiger charge is 2.47. The van der Waals surface area contributed by atoms with Gasteiger partial charge in [0.05, 0.1) is 25.8 Å². The van der Waals surface area contributed by atoms with Crippen LogP contribution < -0.4 is 0 Å². The molecule has 0 aromatic carbocycles. The zero-order chi connectivity index (χ0) is 14.3. The molecule has 0 fully saturated rings. The Hall–Kier alpha value is -1.70. The van der Waals surface area contributed by atoms with Crippen LogP contribution in [0.3, 0.4) is 0 Å². The van der Waals surface area contributed by atoms with Crippen LogP contribution in [0, 0.1) is 0 Å². The molecule has 19 heavy (non-hydrogen) atoms. The van der Waals surface area contributed by atoms with Gasteiger partial charge in [0, 0.05) is 11.8 Å². The van der Waals surface area contributed by atoms with Crippen molar-refractivity contribution in [3.8, 4) is 0 Å². The molecule has 104 valence electrons. The second kappa shape index (κ2) is 4.44. The lowest BCUT2D eigenvalue weighted by molar-refractivity contribution is -0.185. The summed E-state index contributed by atoms with van der Waals surface area (Å²) in [5.41, 5.74) is -1.07. The lowest BCUT2D eigenvalue weighted by Crippen LogP contribution is -2.30. The number of aromatic nitrogens is 2. The van der Waals surface area contributed by atoms with Crippen molar-refractivity contribution in [3.05, 3.63) is 23.3 Å². The number of hydrogen-bond donors (Lipinski definition) is 0. The molecule has 0 saturated carbocycles. The van der Waals surface area contributed by atoms with Crippen LogP contribution in [0.4, 0.5) is 13.2 Å². The minimum absolute atomic E-state index is 0.0105. The van der Waals surface area contributed by atoms with E-state index in [4.69, 9.17) is 4.74 Å². The Balaban J connectivity index is 2.39. The molecule has 1 aromatic heterocycles. The number of fused-ring (bicyclic) bond motifs is 1. The Morgan fingerprint density at radius 2 is 2.26 bits per heavy atom. The van der Waals surface area contributed by atoms with E-state index in [0.717, 1.165) is 7.11 Å². The zero-order valence-electron chi connectivity index (χ0n) is 10.2. The average Bonchev–Trinajstić information content (AvgIpc) is 2.63. The molecule has 5 nitrogen and oxygen atoms in total. The molecular weight excluding hydrogens is 265 g/mol. The van der Waals surface area contributed by atoms with Gasteiger partial charge >= 0.3 is 12.1 Å². The summed E-state index contributed by atoms with van der Waals surface area (Å²) in [5, 5.41) is 0. The van der Waals surface area contributed by atoms with Gasteiger partial charge in [-0.2, -0.15) is 13.2 Å². The van der Waals surface area contributed by atoms with Gasteiger partial charge in [-0.25, -0.2) is 14.8 Å². The maximum Gasteiger partial charge on any atom is 0.392 e. The van der Waals surface area contributed by atoms with E-state index in [9.17, 15) is 18.0 Å². The molecular formula is C11H11F3N2O3. The molecule has 1 unspecified atom stereocenters. The highest BCUT2D eigenvalue weighted by atomic mass is 19.4. The monoisotopic (exact) mass is 276 g/mol. The summed E-state index contributed by atoms with van der Waals surface area (Å²) < 4.78 is 47.3. The Labute approximate surface area is 106 Å². The van der Waals surface area contributed by atoms with Gasteiger partial charge in [0.2, 0.25) is 5.82 Å². The topological polar surface area (TPSA) is 61.3 Å². The number of carbonyl (C=O) groups is 1. The van der Waals surface area contributed by atoms with Gasteiger partial charge in [0.25, 0.3) is 0 Å². The van der Waals surface area contributed by atoms with Crippen molar-refractivity contribution in [2.75, 3.05) is 7.11 Å². The smallest absolute Gasteiger partial charge is 0.392 e. The van der Waals surface area contributed by atoms with E-state index in [-0.39, 0.29) is 18.1 Å². The van der Waals surface area contributed by atoms with Crippen LogP contribution in [0.1, 0.15) is 35.2 Å². The van der Waals surface area contributed by atoms with Gasteiger partial charge in [-0.15, -0.1) is 0 Å². The summed E-state index contributed by atoms with van der Waals surface area (Å²) in [6.07, 6.45) is -4.28. The molecule has 1 aliphatic heterocycles. The number of nitrogens with zero attached hydrogens (tertiary/aromatic N) is 2. The van der Waals surface area contributed by atoms with Gasteiger partial charge < -0.3 is 9.47 Å². The summed E-state index contributed by atoms with van der Waals surface area (Å²) in [7, 11) is 1.14. The van der Waals surface area contributed by atoms with Gasteiger partial charge in [-0.3, -0.25) is 0 Å². The van der Waals surface area contributed by atoms with Crippen molar-refractivity contribution >= 4 is 5.97 Å². The van der Waals surface area contributed by atoms with E-state index in [1.807, 2.05) is 0 Å². The second-order valence-corrected chi connectivity index (χ2v) is 4.37. The quantitative estimate of drug-likeness (QED) is 0.773. The van der Waals surface area contributed by atoms with Gasteiger partial charge in [0.15, 0.2) is 0 Å². The van der Waals surface area contributed by atoms with Crippen LogP contribution in [0.15, 0.2) is 6.20 Å². The fourth-order valence-corrected chi connectivity index (χ4v) is 1.98. The van der Waals surface area contributed by atoms with E-state index < -0.39 is 24.2 Å². The third kappa shape index (κ3) is 2.67. The van der Waals surface area contributed by atoms with Crippen LogP contribution in [0.2, 0.25) is 0 Å². The summed E-state index contributed by atoms with van der Waals surface area (Å²) in [6.45, 7) is 1.28. The fourth-order valence-electron chi connectivity index (χ4n) is 1.98. The van der Waals surface area contributed by atoms with Crippen LogP contribution in [-0.4, -0.2) is 29.2 Å². The molecule has 0 spiro atoms. The molecule has 2 rings (SSSR count). The Morgan fingerprint density at radius 1 is 1.58 bits per heavy atom. The molecule has 0 aliphatic carbocycles. The first-order valence-corrected chi connectivity index (χ1v) is 5.40. The van der Waals surface area contributed by atoms with Crippen molar-refractivity contribution in [2.24, 2.45) is 0 Å². The van der Waals surface area contributed by atoms with Crippen molar-refractivity contribution in [1.29, 1.82) is 0 Å². The van der Waals surface area contributed by atoms with E-state index in [2.05, 4.69) is 14.7 Å². The molecule has 1 aliphatic rings. The number of hydrogen-bond acceptors (Lipinski definition) is 5. The third-order valence-electron chi connectivity index (χ3n) is 2.82.